The van der Waals surface area contributed by atoms with Crippen molar-refractivity contribution in [1.29, 1.82) is 0 Å². The zero-order valence-electron chi connectivity index (χ0n) is 11.5. The minimum Gasteiger partial charge on any atom is -0.330 e. The third-order valence-electron chi connectivity index (χ3n) is 4.71. The number of nitrogens with two attached hydrogens (primary N) is 1. The van der Waals surface area contributed by atoms with Gasteiger partial charge in [0.05, 0.1) is 0 Å². The maximum absolute atomic E-state index is 12.3. The van der Waals surface area contributed by atoms with Crippen LogP contribution in [0.5, 0.6) is 0 Å². The van der Waals surface area contributed by atoms with Gasteiger partial charge in [0, 0.05) is 11.4 Å². The van der Waals surface area contributed by atoms with Crippen molar-refractivity contribution in [2.24, 2.45) is 23.5 Å². The fourth-order valence-corrected chi connectivity index (χ4v) is 6.20. The molecule has 20 heavy (non-hydrogen) atoms. The molecule has 0 aromatic carbocycles. The third-order valence-corrected chi connectivity index (χ3v) is 7.77. The minimum atomic E-state index is -3.33. The van der Waals surface area contributed by atoms with E-state index in [1.165, 1.54) is 37.0 Å². The van der Waals surface area contributed by atoms with E-state index in [4.69, 9.17) is 5.73 Å². The van der Waals surface area contributed by atoms with Crippen molar-refractivity contribution < 1.29 is 8.42 Å². The molecule has 1 heterocycles. The maximum atomic E-state index is 12.3. The lowest BCUT2D eigenvalue weighted by Gasteiger charge is -2.21. The molecule has 112 valence electrons. The van der Waals surface area contributed by atoms with E-state index in [1.54, 1.807) is 6.07 Å². The standard InChI is InChI=1S/C14H22N2O2S2/c15-6-5-13-3-4-14(19-13)20(17,18)16-9-12-8-10-1-2-11(12)7-10/h3-4,10-12,16H,1-2,5-9,15H2. The Morgan fingerprint density at radius 2 is 2.15 bits per heavy atom. The molecule has 1 aromatic rings. The van der Waals surface area contributed by atoms with Crippen molar-refractivity contribution >= 4 is 21.4 Å². The van der Waals surface area contributed by atoms with Gasteiger partial charge in [0.1, 0.15) is 4.21 Å². The number of hydrogen-bond acceptors (Lipinski definition) is 4. The number of fused-ring (bicyclic) bond motifs is 2. The van der Waals surface area contributed by atoms with E-state index in [1.807, 2.05) is 6.07 Å². The predicted molar refractivity (Wildman–Crippen MR) is 81.2 cm³/mol. The topological polar surface area (TPSA) is 72.2 Å². The van der Waals surface area contributed by atoms with Crippen molar-refractivity contribution in [2.75, 3.05) is 13.1 Å². The summed E-state index contributed by atoms with van der Waals surface area (Å²) in [5.41, 5.74) is 5.50. The van der Waals surface area contributed by atoms with Gasteiger partial charge in [-0.3, -0.25) is 0 Å². The highest BCUT2D eigenvalue weighted by molar-refractivity contribution is 7.91. The summed E-state index contributed by atoms with van der Waals surface area (Å²) in [4.78, 5) is 1.03. The molecule has 0 aliphatic heterocycles. The fourth-order valence-electron chi connectivity index (χ4n) is 3.69. The molecule has 4 nitrogen and oxygen atoms in total. The first-order valence-electron chi connectivity index (χ1n) is 7.37. The predicted octanol–water partition coefficient (Wildman–Crippen LogP) is 1.96. The van der Waals surface area contributed by atoms with Crippen LogP contribution in [0, 0.1) is 17.8 Å². The van der Waals surface area contributed by atoms with E-state index in [-0.39, 0.29) is 0 Å². The molecular weight excluding hydrogens is 292 g/mol. The Kier molecular flexibility index (Phi) is 4.17. The Labute approximate surface area is 124 Å². The maximum Gasteiger partial charge on any atom is 0.250 e. The third kappa shape index (κ3) is 2.93. The van der Waals surface area contributed by atoms with Gasteiger partial charge in [0.15, 0.2) is 0 Å². The Bertz CT molecular complexity index is 567. The molecule has 2 fully saturated rings. The molecular formula is C14H22N2O2S2. The lowest BCUT2D eigenvalue weighted by atomic mass is 9.89. The number of rotatable bonds is 6. The zero-order chi connectivity index (χ0) is 14.2. The van der Waals surface area contributed by atoms with Crippen LogP contribution in [0.15, 0.2) is 16.3 Å². The normalized spacial score (nSPS) is 29.1. The molecule has 3 rings (SSSR count). The minimum absolute atomic E-state index is 0.420. The molecule has 0 amide bonds. The van der Waals surface area contributed by atoms with Gasteiger partial charge in [-0.1, -0.05) is 6.42 Å². The van der Waals surface area contributed by atoms with Gasteiger partial charge in [0.25, 0.3) is 0 Å². The van der Waals surface area contributed by atoms with E-state index < -0.39 is 10.0 Å². The van der Waals surface area contributed by atoms with Crippen LogP contribution in [0.25, 0.3) is 0 Å². The highest BCUT2D eigenvalue weighted by Gasteiger charge is 2.39. The van der Waals surface area contributed by atoms with Gasteiger partial charge in [-0.25, -0.2) is 13.1 Å². The zero-order valence-corrected chi connectivity index (χ0v) is 13.2. The summed E-state index contributed by atoms with van der Waals surface area (Å²) in [6.07, 6.45) is 5.90. The van der Waals surface area contributed by atoms with E-state index in [2.05, 4.69) is 4.72 Å². The number of sulfonamides is 1. The van der Waals surface area contributed by atoms with Crippen molar-refractivity contribution in [3.05, 3.63) is 17.0 Å². The summed E-state index contributed by atoms with van der Waals surface area (Å²) in [5, 5.41) is 0. The van der Waals surface area contributed by atoms with E-state index in [9.17, 15) is 8.42 Å². The second-order valence-electron chi connectivity index (χ2n) is 6.05. The number of thiophene rings is 1. The molecule has 6 heteroatoms. The molecule has 2 aliphatic rings. The van der Waals surface area contributed by atoms with Gasteiger partial charge in [0.2, 0.25) is 10.0 Å². The Hall–Kier alpha value is -0.430. The van der Waals surface area contributed by atoms with Crippen LogP contribution in [-0.4, -0.2) is 21.5 Å². The molecule has 0 spiro atoms. The molecule has 3 unspecified atom stereocenters. The van der Waals surface area contributed by atoms with E-state index in [0.717, 1.165) is 23.1 Å². The second-order valence-corrected chi connectivity index (χ2v) is 9.21. The van der Waals surface area contributed by atoms with E-state index in [0.29, 0.717) is 23.2 Å². The Morgan fingerprint density at radius 1 is 1.30 bits per heavy atom. The number of hydrogen-bond donors (Lipinski definition) is 2. The fraction of sp³-hybridized carbons (Fsp3) is 0.714. The lowest BCUT2D eigenvalue weighted by Crippen LogP contribution is -2.31. The van der Waals surface area contributed by atoms with Crippen LogP contribution >= 0.6 is 11.3 Å². The summed E-state index contributed by atoms with van der Waals surface area (Å²) < 4.78 is 27.8. The molecule has 1 aromatic heterocycles. The average molecular weight is 314 g/mol. The van der Waals surface area contributed by atoms with Crippen molar-refractivity contribution in [3.8, 4) is 0 Å². The summed E-state index contributed by atoms with van der Waals surface area (Å²) >= 11 is 1.33. The SMILES string of the molecule is NCCc1ccc(S(=O)(=O)NCC2CC3CCC2C3)s1. The molecule has 2 saturated carbocycles. The summed E-state index contributed by atoms with van der Waals surface area (Å²) in [6, 6.07) is 3.56. The van der Waals surface area contributed by atoms with Gasteiger partial charge in [-0.05, 0) is 62.1 Å². The van der Waals surface area contributed by atoms with Crippen LogP contribution in [0.1, 0.15) is 30.6 Å². The highest BCUT2D eigenvalue weighted by Crippen LogP contribution is 2.48. The molecule has 2 aliphatic carbocycles. The van der Waals surface area contributed by atoms with Crippen molar-refractivity contribution in [1.82, 2.24) is 4.72 Å². The van der Waals surface area contributed by atoms with Gasteiger partial charge in [-0.2, -0.15) is 0 Å². The Balaban J connectivity index is 1.60. The van der Waals surface area contributed by atoms with Crippen LogP contribution in [-0.2, 0) is 16.4 Å². The molecule has 2 bridgehead atoms. The Morgan fingerprint density at radius 3 is 2.80 bits per heavy atom. The average Bonchev–Trinajstić information content (AvgIpc) is 3.12. The quantitative estimate of drug-likeness (QED) is 0.843. The molecule has 0 saturated heterocycles. The first-order valence-corrected chi connectivity index (χ1v) is 9.67. The van der Waals surface area contributed by atoms with Crippen LogP contribution < -0.4 is 10.5 Å². The molecule has 3 N–H and O–H groups in total. The first-order chi connectivity index (χ1) is 9.58. The van der Waals surface area contributed by atoms with Crippen LogP contribution in [0.2, 0.25) is 0 Å². The molecule has 3 atom stereocenters. The molecule has 0 radical (unpaired) electrons. The smallest absolute Gasteiger partial charge is 0.250 e. The van der Waals surface area contributed by atoms with Gasteiger partial charge >= 0.3 is 0 Å². The van der Waals surface area contributed by atoms with Gasteiger partial charge < -0.3 is 5.73 Å². The summed E-state index contributed by atoms with van der Waals surface area (Å²) in [7, 11) is -3.33. The van der Waals surface area contributed by atoms with E-state index >= 15 is 0 Å². The monoisotopic (exact) mass is 314 g/mol. The summed E-state index contributed by atoms with van der Waals surface area (Å²) in [6.45, 7) is 1.16. The number of nitrogens with one attached hydrogen (secondary N) is 1. The van der Waals surface area contributed by atoms with Crippen molar-refractivity contribution in [3.63, 3.8) is 0 Å². The van der Waals surface area contributed by atoms with Gasteiger partial charge in [-0.15, -0.1) is 11.3 Å². The largest absolute Gasteiger partial charge is 0.330 e. The second kappa shape index (κ2) is 5.75. The van der Waals surface area contributed by atoms with Crippen molar-refractivity contribution in [2.45, 2.75) is 36.3 Å². The summed E-state index contributed by atoms with van der Waals surface area (Å²) in [5.74, 6) is 2.15. The van der Waals surface area contributed by atoms with Crippen LogP contribution in [0.3, 0.4) is 0 Å². The first kappa shape index (κ1) is 14.5. The van der Waals surface area contributed by atoms with Crippen LogP contribution in [0.4, 0.5) is 0 Å². The lowest BCUT2D eigenvalue weighted by molar-refractivity contribution is 0.333. The highest BCUT2D eigenvalue weighted by atomic mass is 32.2.